The van der Waals surface area contributed by atoms with Gasteiger partial charge in [0.1, 0.15) is 5.60 Å². The molecule has 3 rings (SSSR count). The van der Waals surface area contributed by atoms with E-state index in [-0.39, 0.29) is 10.5 Å². The fraction of sp³-hybridized carbons (Fsp3) is 0.545. The van der Waals surface area contributed by atoms with Crippen LogP contribution in [0.15, 0.2) is 18.5 Å². The maximum Gasteiger partial charge on any atom is 0.115 e. The Morgan fingerprint density at radius 3 is 2.73 bits per heavy atom. The van der Waals surface area contributed by atoms with Gasteiger partial charge in [0, 0.05) is 18.8 Å². The second-order valence-electron chi connectivity index (χ2n) is 4.39. The van der Waals surface area contributed by atoms with E-state index in [4.69, 9.17) is 27.9 Å². The number of hydrogen-bond donors (Lipinski definition) is 0. The van der Waals surface area contributed by atoms with E-state index >= 15 is 0 Å². The molecule has 1 unspecified atom stereocenters. The molecule has 1 atom stereocenters. The Bertz CT molecular complexity index is 399. The van der Waals surface area contributed by atoms with Crippen LogP contribution in [-0.4, -0.2) is 22.1 Å². The summed E-state index contributed by atoms with van der Waals surface area (Å²) in [6, 6.07) is 1.94. The van der Waals surface area contributed by atoms with Gasteiger partial charge < -0.3 is 4.74 Å². The van der Waals surface area contributed by atoms with Crippen molar-refractivity contribution in [3.8, 4) is 0 Å². The predicted molar refractivity (Wildman–Crippen MR) is 59.5 cm³/mol. The Balaban J connectivity index is 1.84. The van der Waals surface area contributed by atoms with E-state index < -0.39 is 0 Å². The highest BCUT2D eigenvalue weighted by Crippen LogP contribution is 2.59. The van der Waals surface area contributed by atoms with Gasteiger partial charge in [-0.1, -0.05) is 11.6 Å². The lowest BCUT2D eigenvalue weighted by Crippen LogP contribution is -2.29. The summed E-state index contributed by atoms with van der Waals surface area (Å²) in [7, 11) is 0. The molecule has 2 nitrogen and oxygen atoms in total. The molecule has 1 saturated heterocycles. The van der Waals surface area contributed by atoms with Crippen LogP contribution in [0.4, 0.5) is 0 Å². The van der Waals surface area contributed by atoms with Crippen LogP contribution >= 0.6 is 23.2 Å². The molecular formula is C11H11Cl2NO. The lowest BCUT2D eigenvalue weighted by molar-refractivity contribution is 0.284. The number of nitrogens with zero attached hydrogens (tertiary/aromatic N) is 1. The van der Waals surface area contributed by atoms with Crippen LogP contribution < -0.4 is 0 Å². The van der Waals surface area contributed by atoms with Gasteiger partial charge in [0.2, 0.25) is 0 Å². The summed E-state index contributed by atoms with van der Waals surface area (Å²) in [5.74, 6) is 0. The van der Waals surface area contributed by atoms with Crippen LogP contribution in [0.25, 0.3) is 0 Å². The molecule has 1 aromatic rings. The number of ether oxygens (including phenoxy) is 1. The van der Waals surface area contributed by atoms with Gasteiger partial charge in [-0.3, -0.25) is 4.98 Å². The number of halogens is 2. The molecule has 4 heteroatoms. The van der Waals surface area contributed by atoms with E-state index in [1.54, 1.807) is 12.4 Å². The molecule has 2 fully saturated rings. The zero-order chi connectivity index (χ0) is 10.5. The lowest BCUT2D eigenvalue weighted by Gasteiger charge is -2.17. The third-order valence-electron chi connectivity index (χ3n) is 3.33. The summed E-state index contributed by atoms with van der Waals surface area (Å²) < 4.78 is 5.57. The SMILES string of the molecule is Clc1cnccc1CC1(C2(Cl)CC2)CO1. The maximum absolute atomic E-state index is 6.42. The van der Waals surface area contributed by atoms with Gasteiger partial charge in [-0.05, 0) is 24.5 Å². The Labute approximate surface area is 98.5 Å². The minimum atomic E-state index is -0.153. The molecule has 15 heavy (non-hydrogen) atoms. The van der Waals surface area contributed by atoms with E-state index in [0.717, 1.165) is 31.4 Å². The van der Waals surface area contributed by atoms with Crippen LogP contribution in [-0.2, 0) is 11.2 Å². The molecule has 0 spiro atoms. The first-order valence-electron chi connectivity index (χ1n) is 5.07. The molecule has 0 N–H and O–H groups in total. The Hall–Kier alpha value is -0.310. The van der Waals surface area contributed by atoms with Crippen molar-refractivity contribution in [2.24, 2.45) is 0 Å². The standard InChI is InChI=1S/C11H11Cl2NO/c12-9-6-14-4-1-8(9)5-11(7-15-11)10(13)2-3-10/h1,4,6H,2-3,5,7H2. The fourth-order valence-corrected chi connectivity index (χ4v) is 2.48. The zero-order valence-electron chi connectivity index (χ0n) is 8.17. The maximum atomic E-state index is 6.42. The molecule has 1 aromatic heterocycles. The number of epoxide rings is 1. The average Bonchev–Trinajstić information content (AvgIpc) is 3.08. The van der Waals surface area contributed by atoms with E-state index in [9.17, 15) is 0 Å². The number of hydrogen-bond acceptors (Lipinski definition) is 2. The van der Waals surface area contributed by atoms with Crippen LogP contribution in [0.2, 0.25) is 5.02 Å². The van der Waals surface area contributed by atoms with E-state index in [2.05, 4.69) is 4.98 Å². The highest BCUT2D eigenvalue weighted by Gasteiger charge is 2.66. The highest BCUT2D eigenvalue weighted by atomic mass is 35.5. The van der Waals surface area contributed by atoms with Gasteiger partial charge in [0.05, 0.1) is 16.5 Å². The van der Waals surface area contributed by atoms with Crippen molar-refractivity contribution in [1.29, 1.82) is 0 Å². The number of aromatic nitrogens is 1. The largest absolute Gasteiger partial charge is 0.367 e. The van der Waals surface area contributed by atoms with Crippen molar-refractivity contribution >= 4 is 23.2 Å². The molecular weight excluding hydrogens is 233 g/mol. The molecule has 2 aliphatic rings. The molecule has 2 heterocycles. The topological polar surface area (TPSA) is 25.4 Å². The summed E-state index contributed by atoms with van der Waals surface area (Å²) in [6.45, 7) is 0.759. The van der Waals surface area contributed by atoms with Crippen molar-refractivity contribution in [2.75, 3.05) is 6.61 Å². The van der Waals surface area contributed by atoms with Crippen molar-refractivity contribution < 1.29 is 4.74 Å². The zero-order valence-corrected chi connectivity index (χ0v) is 9.68. The smallest absolute Gasteiger partial charge is 0.115 e. The summed E-state index contributed by atoms with van der Waals surface area (Å²) in [4.78, 5) is 3.84. The first-order valence-corrected chi connectivity index (χ1v) is 5.82. The minimum absolute atomic E-state index is 0.125. The normalized spacial score (nSPS) is 31.3. The van der Waals surface area contributed by atoms with Gasteiger partial charge in [0.25, 0.3) is 0 Å². The first-order chi connectivity index (χ1) is 7.15. The second-order valence-corrected chi connectivity index (χ2v) is 5.52. The Kier molecular flexibility index (Phi) is 2.04. The van der Waals surface area contributed by atoms with Gasteiger partial charge in [-0.15, -0.1) is 11.6 Å². The lowest BCUT2D eigenvalue weighted by atomic mass is 9.95. The van der Waals surface area contributed by atoms with Gasteiger partial charge >= 0.3 is 0 Å². The van der Waals surface area contributed by atoms with Gasteiger partial charge in [0.15, 0.2) is 0 Å². The molecule has 0 bridgehead atoms. The molecule has 1 aliphatic heterocycles. The molecule has 1 aliphatic carbocycles. The number of rotatable bonds is 3. The summed E-state index contributed by atoms with van der Waals surface area (Å²) in [6.07, 6.45) is 6.33. The molecule has 80 valence electrons. The minimum Gasteiger partial charge on any atom is -0.367 e. The number of pyridine rings is 1. The Morgan fingerprint density at radius 1 is 1.47 bits per heavy atom. The average molecular weight is 244 g/mol. The van der Waals surface area contributed by atoms with Crippen molar-refractivity contribution in [2.45, 2.75) is 29.7 Å². The first kappa shape index (κ1) is 9.88. The monoisotopic (exact) mass is 243 g/mol. The van der Waals surface area contributed by atoms with Crippen LogP contribution in [0.1, 0.15) is 18.4 Å². The van der Waals surface area contributed by atoms with Crippen molar-refractivity contribution in [3.63, 3.8) is 0 Å². The predicted octanol–water partition coefficient (Wildman–Crippen LogP) is 2.82. The molecule has 1 saturated carbocycles. The summed E-state index contributed by atoms with van der Waals surface area (Å²) in [5, 5.41) is 0.702. The highest BCUT2D eigenvalue weighted by molar-refractivity contribution is 6.31. The van der Waals surface area contributed by atoms with E-state index in [1.807, 2.05) is 6.07 Å². The summed E-state index contributed by atoms with van der Waals surface area (Å²) in [5.41, 5.74) is 0.926. The van der Waals surface area contributed by atoms with Crippen LogP contribution in [0.5, 0.6) is 0 Å². The molecule has 0 aromatic carbocycles. The number of alkyl halides is 1. The van der Waals surface area contributed by atoms with Crippen molar-refractivity contribution in [3.05, 3.63) is 29.0 Å². The van der Waals surface area contributed by atoms with Crippen molar-refractivity contribution in [1.82, 2.24) is 4.98 Å². The quantitative estimate of drug-likeness (QED) is 0.603. The van der Waals surface area contributed by atoms with E-state index in [0.29, 0.717) is 5.02 Å². The van der Waals surface area contributed by atoms with Gasteiger partial charge in [-0.25, -0.2) is 0 Å². The third-order valence-corrected chi connectivity index (χ3v) is 4.39. The van der Waals surface area contributed by atoms with E-state index in [1.165, 1.54) is 0 Å². The molecule has 0 radical (unpaired) electrons. The van der Waals surface area contributed by atoms with Crippen LogP contribution in [0, 0.1) is 0 Å². The van der Waals surface area contributed by atoms with Gasteiger partial charge in [-0.2, -0.15) is 0 Å². The van der Waals surface area contributed by atoms with Crippen LogP contribution in [0.3, 0.4) is 0 Å². The third kappa shape index (κ3) is 1.55. The fourth-order valence-electron chi connectivity index (χ4n) is 2.03. The Morgan fingerprint density at radius 2 is 2.20 bits per heavy atom. The summed E-state index contributed by atoms with van der Waals surface area (Å²) >= 11 is 12.5. The second kappa shape index (κ2) is 3.09. The molecule has 0 amide bonds.